The first-order valence-electron chi connectivity index (χ1n) is 7.20. The highest BCUT2D eigenvalue weighted by atomic mass is 32.2. The minimum absolute atomic E-state index is 0.256. The van der Waals surface area contributed by atoms with E-state index in [1.165, 1.54) is 44.2 Å². The topological polar surface area (TPSA) is 46.2 Å². The zero-order chi connectivity index (χ0) is 15.5. The second kappa shape index (κ2) is 6.30. The zero-order valence-corrected chi connectivity index (χ0v) is 12.9. The van der Waals surface area contributed by atoms with Crippen molar-refractivity contribution in [3.8, 4) is 0 Å². The van der Waals surface area contributed by atoms with Crippen LogP contribution in [0.15, 0.2) is 29.2 Å². The first kappa shape index (κ1) is 16.2. The molecule has 0 atom stereocenters. The number of hydrogen-bond acceptors (Lipinski definition) is 3. The monoisotopic (exact) mass is 317 g/mol. The minimum Gasteiger partial charge on any atom is -0.384 e. The highest BCUT2D eigenvalue weighted by molar-refractivity contribution is 7.91. The van der Waals surface area contributed by atoms with Crippen LogP contribution in [0.2, 0.25) is 0 Å². The van der Waals surface area contributed by atoms with Crippen LogP contribution in [-0.4, -0.2) is 20.7 Å². The molecule has 6 heteroatoms. The van der Waals surface area contributed by atoms with Gasteiger partial charge in [0.2, 0.25) is 9.84 Å². The van der Waals surface area contributed by atoms with E-state index in [0.717, 1.165) is 12.2 Å². The number of rotatable bonds is 5. The predicted octanol–water partition coefficient (Wildman–Crippen LogP) is 4.07. The second-order valence-corrected chi connectivity index (χ2v) is 7.97. The van der Waals surface area contributed by atoms with E-state index in [4.69, 9.17) is 0 Å². The smallest absolute Gasteiger partial charge is 0.341 e. The van der Waals surface area contributed by atoms with Gasteiger partial charge in [-0.25, -0.2) is 8.42 Å². The van der Waals surface area contributed by atoms with Gasteiger partial charge in [0.15, 0.2) is 0 Å². The third-order valence-electron chi connectivity index (χ3n) is 4.20. The van der Waals surface area contributed by atoms with E-state index in [2.05, 4.69) is 12.2 Å². The Balaban J connectivity index is 2.00. The highest BCUT2D eigenvalue weighted by Crippen LogP contribution is 2.35. The third-order valence-corrected chi connectivity index (χ3v) is 5.60. The van der Waals surface area contributed by atoms with Gasteiger partial charge in [-0.05, 0) is 42.5 Å². The molecule has 1 N–H and O–H groups in total. The van der Waals surface area contributed by atoms with Gasteiger partial charge in [0, 0.05) is 12.2 Å². The van der Waals surface area contributed by atoms with Crippen molar-refractivity contribution in [3.63, 3.8) is 0 Å². The first-order valence-corrected chi connectivity index (χ1v) is 8.74. The van der Waals surface area contributed by atoms with Gasteiger partial charge in [0.1, 0.15) is 0 Å². The fraction of sp³-hybridized carbons (Fsp3) is 0.600. The van der Waals surface area contributed by atoms with Crippen LogP contribution in [0.4, 0.5) is 14.5 Å². The molecule has 1 aromatic rings. The fourth-order valence-corrected chi connectivity index (χ4v) is 3.48. The molecule has 0 bridgehead atoms. The van der Waals surface area contributed by atoms with Crippen LogP contribution in [0.25, 0.3) is 0 Å². The fourth-order valence-electron chi connectivity index (χ4n) is 2.76. The summed E-state index contributed by atoms with van der Waals surface area (Å²) in [7, 11) is -4.50. The van der Waals surface area contributed by atoms with Crippen molar-refractivity contribution in [1.29, 1.82) is 0 Å². The van der Waals surface area contributed by atoms with Gasteiger partial charge in [-0.2, -0.15) is 8.78 Å². The first-order chi connectivity index (χ1) is 9.83. The lowest BCUT2D eigenvalue weighted by Gasteiger charge is -2.34. The number of sulfone groups is 1. The number of anilines is 1. The Bertz CT molecular complexity index is 564. The number of hydrogen-bond donors (Lipinski definition) is 1. The van der Waals surface area contributed by atoms with E-state index >= 15 is 0 Å². The molecule has 0 amide bonds. The normalized spacial score (nSPS) is 18.7. The van der Waals surface area contributed by atoms with Crippen LogP contribution in [0.1, 0.15) is 39.0 Å². The molecule has 1 aliphatic carbocycles. The lowest BCUT2D eigenvalue weighted by molar-refractivity contribution is 0.233. The van der Waals surface area contributed by atoms with Crippen molar-refractivity contribution in [3.05, 3.63) is 24.3 Å². The Morgan fingerprint density at radius 2 is 1.71 bits per heavy atom. The van der Waals surface area contributed by atoms with E-state index in [1.807, 2.05) is 0 Å². The van der Waals surface area contributed by atoms with Crippen LogP contribution in [0.3, 0.4) is 0 Å². The van der Waals surface area contributed by atoms with Crippen LogP contribution < -0.4 is 5.32 Å². The van der Waals surface area contributed by atoms with Gasteiger partial charge in [-0.15, -0.1) is 0 Å². The predicted molar refractivity (Wildman–Crippen MR) is 79.3 cm³/mol. The summed E-state index contributed by atoms with van der Waals surface area (Å²) in [4.78, 5) is -0.341. The zero-order valence-electron chi connectivity index (χ0n) is 12.1. The van der Waals surface area contributed by atoms with Crippen LogP contribution in [0, 0.1) is 5.41 Å². The summed E-state index contributed by atoms with van der Waals surface area (Å²) in [6.07, 6.45) is 6.12. The van der Waals surface area contributed by atoms with Crippen molar-refractivity contribution in [2.75, 3.05) is 11.9 Å². The van der Waals surface area contributed by atoms with Crippen molar-refractivity contribution in [1.82, 2.24) is 0 Å². The lowest BCUT2D eigenvalue weighted by atomic mass is 9.76. The van der Waals surface area contributed by atoms with E-state index in [1.54, 1.807) is 12.1 Å². The summed E-state index contributed by atoms with van der Waals surface area (Å²) in [6.45, 7) is 3.06. The molecule has 0 spiro atoms. The molecule has 0 radical (unpaired) electrons. The SMILES string of the molecule is CC1(CNc2ccc(S(=O)(=O)C(F)F)cc2)CCCCC1. The van der Waals surface area contributed by atoms with E-state index in [-0.39, 0.29) is 10.3 Å². The Morgan fingerprint density at radius 1 is 1.14 bits per heavy atom. The van der Waals surface area contributed by atoms with Gasteiger partial charge >= 0.3 is 5.76 Å². The number of alkyl halides is 2. The molecule has 2 rings (SSSR count). The Labute approximate surface area is 124 Å². The maximum absolute atomic E-state index is 12.4. The molecule has 1 fully saturated rings. The van der Waals surface area contributed by atoms with Gasteiger partial charge in [-0.3, -0.25) is 0 Å². The summed E-state index contributed by atoms with van der Waals surface area (Å²) in [5.74, 6) is -3.38. The molecule has 0 aliphatic heterocycles. The highest BCUT2D eigenvalue weighted by Gasteiger charge is 2.27. The summed E-state index contributed by atoms with van der Waals surface area (Å²) in [6, 6.07) is 5.54. The molecule has 0 unspecified atom stereocenters. The quantitative estimate of drug-likeness (QED) is 0.890. The molecular formula is C15H21F2NO2S. The molecule has 0 saturated heterocycles. The van der Waals surface area contributed by atoms with Gasteiger partial charge < -0.3 is 5.32 Å². The van der Waals surface area contributed by atoms with Crippen molar-refractivity contribution in [2.24, 2.45) is 5.41 Å². The van der Waals surface area contributed by atoms with E-state index in [9.17, 15) is 17.2 Å². The van der Waals surface area contributed by atoms with Crippen molar-refractivity contribution in [2.45, 2.75) is 49.7 Å². The Morgan fingerprint density at radius 3 is 2.24 bits per heavy atom. The van der Waals surface area contributed by atoms with E-state index < -0.39 is 15.6 Å². The van der Waals surface area contributed by atoms with Crippen LogP contribution in [0.5, 0.6) is 0 Å². The average molecular weight is 317 g/mol. The molecule has 1 aliphatic rings. The van der Waals surface area contributed by atoms with Gasteiger partial charge in [0.05, 0.1) is 4.90 Å². The standard InChI is InChI=1S/C15H21F2NO2S/c1-15(9-3-2-4-10-15)11-18-12-5-7-13(8-6-12)21(19,20)14(16)17/h5-8,14,18H,2-4,9-11H2,1H3. The average Bonchev–Trinajstić information content (AvgIpc) is 2.46. The maximum Gasteiger partial charge on any atom is 0.341 e. The molecular weight excluding hydrogens is 296 g/mol. The third kappa shape index (κ3) is 3.93. The number of halogens is 2. The molecule has 21 heavy (non-hydrogen) atoms. The number of benzene rings is 1. The van der Waals surface area contributed by atoms with Gasteiger partial charge in [-0.1, -0.05) is 26.2 Å². The molecule has 3 nitrogen and oxygen atoms in total. The molecule has 1 aromatic carbocycles. The van der Waals surface area contributed by atoms with E-state index in [0.29, 0.717) is 0 Å². The Hall–Kier alpha value is -1.17. The van der Waals surface area contributed by atoms with Crippen LogP contribution >= 0.6 is 0 Å². The van der Waals surface area contributed by atoms with Crippen LogP contribution in [-0.2, 0) is 9.84 Å². The molecule has 0 aromatic heterocycles. The Kier molecular flexibility index (Phi) is 4.86. The number of nitrogens with one attached hydrogen (secondary N) is 1. The maximum atomic E-state index is 12.4. The molecule has 1 saturated carbocycles. The van der Waals surface area contributed by atoms with Crippen molar-refractivity contribution < 1.29 is 17.2 Å². The second-order valence-electron chi connectivity index (χ2n) is 6.05. The minimum atomic E-state index is -4.50. The molecule has 0 heterocycles. The lowest BCUT2D eigenvalue weighted by Crippen LogP contribution is -2.28. The van der Waals surface area contributed by atoms with Gasteiger partial charge in [0.25, 0.3) is 0 Å². The molecule has 118 valence electrons. The summed E-state index contributed by atoms with van der Waals surface area (Å²) in [5, 5.41) is 3.28. The summed E-state index contributed by atoms with van der Waals surface area (Å²) >= 11 is 0. The summed E-state index contributed by atoms with van der Waals surface area (Å²) in [5.41, 5.74) is 1.02. The largest absolute Gasteiger partial charge is 0.384 e. The summed E-state index contributed by atoms with van der Waals surface area (Å²) < 4.78 is 47.5. The van der Waals surface area contributed by atoms with Crippen molar-refractivity contribution >= 4 is 15.5 Å².